The molecular weight excluding hydrogens is 537 g/mol. The first kappa shape index (κ1) is 36.4. The van der Waals surface area contributed by atoms with Gasteiger partial charge in [-0.05, 0) is 35.0 Å². The highest BCUT2D eigenvalue weighted by Gasteiger charge is 2.51. The second kappa shape index (κ2) is 17.1. The third kappa shape index (κ3) is 11.6. The highest BCUT2D eigenvalue weighted by Crippen LogP contribution is 2.32. The van der Waals surface area contributed by atoms with Crippen molar-refractivity contribution in [3.05, 3.63) is 77.5 Å². The van der Waals surface area contributed by atoms with Crippen LogP contribution < -0.4 is 4.74 Å². The zero-order chi connectivity index (χ0) is 29.5. The van der Waals surface area contributed by atoms with Crippen molar-refractivity contribution in [3.8, 4) is 5.75 Å². The summed E-state index contributed by atoms with van der Waals surface area (Å²) in [6.45, 7) is 15.6. The van der Waals surface area contributed by atoms with Crippen LogP contribution in [0.4, 0.5) is 0 Å². The number of hydrogen-bond acceptors (Lipinski definition) is 8. The van der Waals surface area contributed by atoms with Gasteiger partial charge in [-0.1, -0.05) is 84.0 Å². The summed E-state index contributed by atoms with van der Waals surface area (Å²) in [7, 11) is -6.62. The zero-order valence-corrected chi connectivity index (χ0v) is 27.9. The molecule has 11 heteroatoms. The van der Waals surface area contributed by atoms with Crippen molar-refractivity contribution in [2.45, 2.75) is 60.1 Å². The average molecular weight is 585 g/mol. The smallest absolute Gasteiger partial charge is 0.490 e. The Labute approximate surface area is 233 Å². The van der Waals surface area contributed by atoms with Crippen LogP contribution in [0, 0.1) is 0 Å². The largest absolute Gasteiger partial charge is 0.519 e. The molecule has 8 nitrogen and oxygen atoms in total. The second-order valence-electron chi connectivity index (χ2n) is 8.44. The van der Waals surface area contributed by atoms with E-state index >= 15 is 0 Å². The molecule has 0 radical (unpaired) electrons. The highest BCUT2D eigenvalue weighted by atomic mass is 28.5. The second-order valence-corrected chi connectivity index (χ2v) is 16.4. The molecule has 216 valence electrons. The van der Waals surface area contributed by atoms with Gasteiger partial charge >= 0.3 is 26.4 Å². The topological polar surface area (TPSA) is 95.8 Å². The van der Waals surface area contributed by atoms with Crippen LogP contribution in [0.2, 0.25) is 13.1 Å². The fourth-order valence-corrected chi connectivity index (χ4v) is 10.8. The monoisotopic (exact) mass is 584 g/mol. The van der Waals surface area contributed by atoms with E-state index in [9.17, 15) is 9.59 Å². The summed E-state index contributed by atoms with van der Waals surface area (Å²) in [5.41, 5.74) is 3.71. The summed E-state index contributed by atoms with van der Waals surface area (Å²) < 4.78 is 32.6. The number of hydrogen-bond donors (Lipinski definition) is 2. The van der Waals surface area contributed by atoms with Crippen LogP contribution in [0.5, 0.6) is 5.75 Å². The lowest BCUT2D eigenvalue weighted by Gasteiger charge is -2.34. The van der Waals surface area contributed by atoms with Crippen molar-refractivity contribution in [3.63, 3.8) is 0 Å². The first-order valence-corrected chi connectivity index (χ1v) is 19.2. The molecule has 2 N–H and O–H groups in total. The lowest BCUT2D eigenvalue weighted by Crippen LogP contribution is -2.59. The van der Waals surface area contributed by atoms with Gasteiger partial charge in [-0.25, -0.2) is 0 Å². The SMILES string of the molecule is CC.CC.CO[Si](C)(O)O[Si](C)(OC)O[Si](O)(/C=C/COc1ccc(C(C)(C)c2ccccc2)cc1)OC. The van der Waals surface area contributed by atoms with E-state index in [1.807, 2.05) is 70.2 Å². The number of ether oxygens (including phenoxy) is 1. The van der Waals surface area contributed by atoms with Crippen LogP contribution >= 0.6 is 0 Å². The molecule has 0 aliphatic heterocycles. The standard InChI is InChI=1S/C23H36O8Si3.2C2H6/c1-23(2,20-12-9-8-10-13-20)21-14-16-22(17-15-21)29-18-11-19-34(25,28-5)31-33(7,27-4)30-32(6,24)26-3;2*1-2/h8-17,19,24-25H,18H2,1-7H3;2*1-2H3/b19-11+;;. The van der Waals surface area contributed by atoms with E-state index in [1.54, 1.807) is 12.6 Å². The van der Waals surface area contributed by atoms with Crippen molar-refractivity contribution in [1.29, 1.82) is 0 Å². The van der Waals surface area contributed by atoms with E-state index in [1.165, 1.54) is 44.7 Å². The lowest BCUT2D eigenvalue weighted by molar-refractivity contribution is 0.101. The maximum atomic E-state index is 10.8. The zero-order valence-electron chi connectivity index (χ0n) is 24.9. The Balaban J connectivity index is 0.00000326. The molecule has 2 aromatic rings. The van der Waals surface area contributed by atoms with Crippen LogP contribution in [0.25, 0.3) is 0 Å². The van der Waals surface area contributed by atoms with Crippen LogP contribution in [0.15, 0.2) is 66.4 Å². The molecule has 0 saturated carbocycles. The van der Waals surface area contributed by atoms with Gasteiger partial charge in [-0.15, -0.1) is 0 Å². The molecule has 0 fully saturated rings. The Morgan fingerprint density at radius 3 is 1.74 bits per heavy atom. The minimum Gasteiger partial charge on any atom is -0.490 e. The van der Waals surface area contributed by atoms with E-state index in [0.29, 0.717) is 5.75 Å². The summed E-state index contributed by atoms with van der Waals surface area (Å²) in [6, 6.07) is 18.3. The Morgan fingerprint density at radius 1 is 0.737 bits per heavy atom. The predicted octanol–water partition coefficient (Wildman–Crippen LogP) is 5.57. The van der Waals surface area contributed by atoms with Gasteiger partial charge in [0.1, 0.15) is 12.4 Å². The van der Waals surface area contributed by atoms with Crippen LogP contribution in [0.1, 0.15) is 52.7 Å². The summed E-state index contributed by atoms with van der Waals surface area (Å²) >= 11 is 0. The molecule has 0 heterocycles. The average Bonchev–Trinajstić information content (AvgIpc) is 2.94. The molecule has 2 rings (SSSR count). The Hall–Kier alpha value is -1.65. The van der Waals surface area contributed by atoms with Gasteiger partial charge in [-0.2, -0.15) is 0 Å². The van der Waals surface area contributed by atoms with Crippen molar-refractivity contribution < 1.29 is 35.8 Å². The fraction of sp³-hybridized carbons (Fsp3) is 0.481. The fourth-order valence-electron chi connectivity index (χ4n) is 3.23. The highest BCUT2D eigenvalue weighted by molar-refractivity contribution is 6.80. The Bertz CT molecular complexity index is 926. The van der Waals surface area contributed by atoms with Gasteiger partial charge in [0.2, 0.25) is 0 Å². The molecule has 0 aromatic heterocycles. The van der Waals surface area contributed by atoms with Crippen LogP contribution in [-0.4, -0.2) is 63.9 Å². The van der Waals surface area contributed by atoms with E-state index in [4.69, 9.17) is 26.2 Å². The Morgan fingerprint density at radius 2 is 1.26 bits per heavy atom. The Kier molecular flexibility index (Phi) is 16.4. The van der Waals surface area contributed by atoms with Crippen molar-refractivity contribution >= 4 is 26.4 Å². The molecule has 0 aliphatic rings. The number of rotatable bonds is 13. The third-order valence-electron chi connectivity index (χ3n) is 5.49. The van der Waals surface area contributed by atoms with Crippen molar-refractivity contribution in [1.82, 2.24) is 0 Å². The molecule has 3 atom stereocenters. The molecule has 0 bridgehead atoms. The van der Waals surface area contributed by atoms with Gasteiger partial charge in [0.25, 0.3) is 0 Å². The summed E-state index contributed by atoms with van der Waals surface area (Å²) in [5.74, 6) is 0.697. The maximum Gasteiger partial charge on any atom is 0.519 e. The van der Waals surface area contributed by atoms with E-state index < -0.39 is 26.4 Å². The summed E-state index contributed by atoms with van der Waals surface area (Å²) in [4.78, 5) is 21.0. The maximum absolute atomic E-state index is 10.8. The molecule has 0 amide bonds. The first-order valence-electron chi connectivity index (χ1n) is 12.9. The number of benzene rings is 2. The van der Waals surface area contributed by atoms with E-state index in [0.717, 1.165) is 0 Å². The normalized spacial score (nSPS) is 16.1. The predicted molar refractivity (Wildman–Crippen MR) is 159 cm³/mol. The van der Waals surface area contributed by atoms with Gasteiger partial charge < -0.3 is 35.8 Å². The van der Waals surface area contributed by atoms with Gasteiger partial charge in [0.15, 0.2) is 0 Å². The summed E-state index contributed by atoms with van der Waals surface area (Å²) in [6.07, 6.45) is 1.62. The quantitative estimate of drug-likeness (QED) is 0.295. The molecule has 0 saturated heterocycles. The van der Waals surface area contributed by atoms with Crippen molar-refractivity contribution in [2.75, 3.05) is 27.9 Å². The third-order valence-corrected chi connectivity index (χ3v) is 13.9. The minimum atomic E-state index is -3.80. The van der Waals surface area contributed by atoms with Crippen molar-refractivity contribution in [2.24, 2.45) is 0 Å². The molecule has 0 spiro atoms. The lowest BCUT2D eigenvalue weighted by atomic mass is 9.78. The van der Waals surface area contributed by atoms with Gasteiger partial charge in [-0.3, -0.25) is 0 Å². The van der Waals surface area contributed by atoms with Crippen LogP contribution in [-0.2, 0) is 26.9 Å². The van der Waals surface area contributed by atoms with E-state index in [2.05, 4.69) is 26.0 Å². The minimum absolute atomic E-state index is 0.131. The molecule has 38 heavy (non-hydrogen) atoms. The molecule has 2 aromatic carbocycles. The molecular formula is C27H48O8Si3. The van der Waals surface area contributed by atoms with Crippen LogP contribution in [0.3, 0.4) is 0 Å². The van der Waals surface area contributed by atoms with E-state index in [-0.39, 0.29) is 12.0 Å². The molecule has 0 aliphatic carbocycles. The summed E-state index contributed by atoms with van der Waals surface area (Å²) in [5, 5.41) is 0. The molecule has 3 unspecified atom stereocenters. The van der Waals surface area contributed by atoms with Gasteiger partial charge in [0.05, 0.1) is 0 Å². The first-order chi connectivity index (χ1) is 17.9. The van der Waals surface area contributed by atoms with Gasteiger partial charge in [0, 0.05) is 39.8 Å².